The highest BCUT2D eigenvalue weighted by molar-refractivity contribution is 7.89. The predicted molar refractivity (Wildman–Crippen MR) is 73.7 cm³/mol. The van der Waals surface area contributed by atoms with Crippen molar-refractivity contribution in [2.75, 3.05) is 46.1 Å². The van der Waals surface area contributed by atoms with E-state index in [1.165, 1.54) is 23.5 Å². The van der Waals surface area contributed by atoms with Gasteiger partial charge in [-0.1, -0.05) is 0 Å². The second-order valence-electron chi connectivity index (χ2n) is 4.61. The molecule has 1 aromatic carbocycles. The Morgan fingerprint density at radius 1 is 1.21 bits per heavy atom. The molecule has 1 heterocycles. The highest BCUT2D eigenvalue weighted by Gasteiger charge is 2.27. The Morgan fingerprint density at radius 3 is 2.42 bits per heavy atom. The number of sulfonamides is 1. The summed E-state index contributed by atoms with van der Waals surface area (Å²) < 4.78 is 31.5. The minimum Gasteiger partial charge on any atom is -0.495 e. The molecule has 1 aliphatic heterocycles. The van der Waals surface area contributed by atoms with Crippen molar-refractivity contribution >= 4 is 15.7 Å². The van der Waals surface area contributed by atoms with E-state index in [1.54, 1.807) is 6.07 Å². The Kier molecular flexibility index (Phi) is 3.98. The fraction of sp³-hybridized carbons (Fsp3) is 0.500. The van der Waals surface area contributed by atoms with Crippen LogP contribution in [-0.4, -0.2) is 58.0 Å². The molecular formula is C12H19N3O3S. The van der Waals surface area contributed by atoms with Crippen LogP contribution in [0.1, 0.15) is 0 Å². The van der Waals surface area contributed by atoms with Crippen LogP contribution in [0.4, 0.5) is 5.69 Å². The fourth-order valence-corrected chi connectivity index (χ4v) is 3.47. The van der Waals surface area contributed by atoms with E-state index in [-0.39, 0.29) is 4.90 Å². The molecule has 1 saturated heterocycles. The number of benzene rings is 1. The zero-order valence-corrected chi connectivity index (χ0v) is 12.0. The van der Waals surface area contributed by atoms with Crippen LogP contribution in [0.5, 0.6) is 5.75 Å². The second-order valence-corrected chi connectivity index (χ2v) is 6.55. The summed E-state index contributed by atoms with van der Waals surface area (Å²) in [5.74, 6) is 0.384. The zero-order chi connectivity index (χ0) is 14.0. The van der Waals surface area contributed by atoms with Crippen molar-refractivity contribution in [2.24, 2.45) is 0 Å². The van der Waals surface area contributed by atoms with Crippen LogP contribution >= 0.6 is 0 Å². The number of ether oxygens (including phenoxy) is 1. The summed E-state index contributed by atoms with van der Waals surface area (Å²) in [4.78, 5) is 2.33. The first-order valence-corrected chi connectivity index (χ1v) is 7.51. The molecule has 7 heteroatoms. The molecule has 0 aliphatic carbocycles. The summed E-state index contributed by atoms with van der Waals surface area (Å²) in [6.07, 6.45) is 0. The van der Waals surface area contributed by atoms with Crippen molar-refractivity contribution in [3.05, 3.63) is 18.2 Å². The minimum atomic E-state index is -3.46. The number of hydrogen-bond donors (Lipinski definition) is 1. The average molecular weight is 285 g/mol. The Hall–Kier alpha value is -1.31. The van der Waals surface area contributed by atoms with E-state index in [0.29, 0.717) is 24.5 Å². The third kappa shape index (κ3) is 2.83. The van der Waals surface area contributed by atoms with Gasteiger partial charge in [-0.15, -0.1) is 0 Å². The van der Waals surface area contributed by atoms with Crippen LogP contribution in [0.3, 0.4) is 0 Å². The maximum absolute atomic E-state index is 12.5. The van der Waals surface area contributed by atoms with Crippen LogP contribution in [0, 0.1) is 0 Å². The minimum absolute atomic E-state index is 0.225. The van der Waals surface area contributed by atoms with Crippen LogP contribution < -0.4 is 10.5 Å². The maximum Gasteiger partial charge on any atom is 0.243 e. The SMILES string of the molecule is COc1cc(S(=O)(=O)N2CCN(C)CC2)ccc1N. The van der Waals surface area contributed by atoms with E-state index in [1.807, 2.05) is 7.05 Å². The van der Waals surface area contributed by atoms with E-state index in [4.69, 9.17) is 10.5 Å². The van der Waals surface area contributed by atoms with E-state index in [9.17, 15) is 8.42 Å². The van der Waals surface area contributed by atoms with E-state index >= 15 is 0 Å². The standard InChI is InChI=1S/C12H19N3O3S/c1-14-5-7-15(8-6-14)19(16,17)10-3-4-11(13)12(9-10)18-2/h3-4,9H,5-8,13H2,1-2H3. The number of likely N-dealkylation sites (N-methyl/N-ethyl adjacent to an activating group) is 1. The maximum atomic E-state index is 12.5. The Bertz CT molecular complexity index is 551. The lowest BCUT2D eigenvalue weighted by atomic mass is 10.3. The average Bonchev–Trinajstić information content (AvgIpc) is 2.39. The third-order valence-corrected chi connectivity index (χ3v) is 5.20. The lowest BCUT2D eigenvalue weighted by molar-refractivity contribution is 0.222. The first-order valence-electron chi connectivity index (χ1n) is 6.07. The van der Waals surface area contributed by atoms with Crippen LogP contribution in [0.25, 0.3) is 0 Å². The lowest BCUT2D eigenvalue weighted by Gasteiger charge is -2.31. The molecule has 0 atom stereocenters. The number of piperazine rings is 1. The van der Waals surface area contributed by atoms with Crippen LogP contribution in [-0.2, 0) is 10.0 Å². The van der Waals surface area contributed by atoms with Crippen LogP contribution in [0.2, 0.25) is 0 Å². The molecule has 2 N–H and O–H groups in total. The van der Waals surface area contributed by atoms with Crippen molar-refractivity contribution in [3.63, 3.8) is 0 Å². The summed E-state index contributed by atoms with van der Waals surface area (Å²) in [6, 6.07) is 4.55. The highest BCUT2D eigenvalue weighted by atomic mass is 32.2. The lowest BCUT2D eigenvalue weighted by Crippen LogP contribution is -2.47. The molecule has 0 unspecified atom stereocenters. The van der Waals surface area contributed by atoms with Crippen molar-refractivity contribution in [1.82, 2.24) is 9.21 Å². The summed E-state index contributed by atoms with van der Waals surface area (Å²) in [5.41, 5.74) is 6.13. The Labute approximate surface area is 113 Å². The summed E-state index contributed by atoms with van der Waals surface area (Å²) in [5, 5.41) is 0. The quantitative estimate of drug-likeness (QED) is 0.804. The first-order chi connectivity index (χ1) is 8.95. The molecule has 0 saturated carbocycles. The number of nitrogens with zero attached hydrogens (tertiary/aromatic N) is 2. The first kappa shape index (κ1) is 14.1. The number of methoxy groups -OCH3 is 1. The molecule has 106 valence electrons. The van der Waals surface area contributed by atoms with Gasteiger partial charge in [-0.3, -0.25) is 0 Å². The number of anilines is 1. The molecular weight excluding hydrogens is 266 g/mol. The molecule has 1 fully saturated rings. The fourth-order valence-electron chi connectivity index (χ4n) is 2.03. The van der Waals surface area contributed by atoms with E-state index in [0.717, 1.165) is 13.1 Å². The number of hydrogen-bond acceptors (Lipinski definition) is 5. The smallest absolute Gasteiger partial charge is 0.243 e. The third-order valence-electron chi connectivity index (χ3n) is 3.30. The van der Waals surface area contributed by atoms with Crippen molar-refractivity contribution in [2.45, 2.75) is 4.90 Å². The van der Waals surface area contributed by atoms with Crippen molar-refractivity contribution in [1.29, 1.82) is 0 Å². The molecule has 2 rings (SSSR count). The van der Waals surface area contributed by atoms with Gasteiger partial charge in [0.1, 0.15) is 5.75 Å². The van der Waals surface area contributed by atoms with Gasteiger partial charge in [0, 0.05) is 32.2 Å². The van der Waals surface area contributed by atoms with E-state index in [2.05, 4.69) is 4.90 Å². The van der Waals surface area contributed by atoms with Gasteiger partial charge in [0.25, 0.3) is 0 Å². The Balaban J connectivity index is 2.29. The van der Waals surface area contributed by atoms with Gasteiger partial charge in [-0.2, -0.15) is 4.31 Å². The summed E-state index contributed by atoms with van der Waals surface area (Å²) in [7, 11) is -0.0112. The summed E-state index contributed by atoms with van der Waals surface area (Å²) in [6.45, 7) is 2.49. The predicted octanol–water partition coefficient (Wildman–Crippen LogP) is 0.214. The number of nitrogen functional groups attached to an aromatic ring is 1. The van der Waals surface area contributed by atoms with Gasteiger partial charge in [-0.25, -0.2) is 8.42 Å². The Morgan fingerprint density at radius 2 is 1.84 bits per heavy atom. The molecule has 19 heavy (non-hydrogen) atoms. The molecule has 0 bridgehead atoms. The zero-order valence-electron chi connectivity index (χ0n) is 11.2. The van der Waals surface area contributed by atoms with Gasteiger partial charge >= 0.3 is 0 Å². The molecule has 0 aromatic heterocycles. The monoisotopic (exact) mass is 285 g/mol. The van der Waals surface area contributed by atoms with Gasteiger partial charge in [0.05, 0.1) is 17.7 Å². The van der Waals surface area contributed by atoms with E-state index < -0.39 is 10.0 Å². The summed E-state index contributed by atoms with van der Waals surface area (Å²) >= 11 is 0. The van der Waals surface area contributed by atoms with Gasteiger partial charge in [0.15, 0.2) is 0 Å². The molecule has 0 radical (unpaired) electrons. The van der Waals surface area contributed by atoms with Crippen molar-refractivity contribution in [3.8, 4) is 5.75 Å². The second kappa shape index (κ2) is 5.36. The molecule has 6 nitrogen and oxygen atoms in total. The highest BCUT2D eigenvalue weighted by Crippen LogP contribution is 2.26. The van der Waals surface area contributed by atoms with Gasteiger partial charge < -0.3 is 15.4 Å². The topological polar surface area (TPSA) is 75.9 Å². The van der Waals surface area contributed by atoms with Crippen molar-refractivity contribution < 1.29 is 13.2 Å². The molecule has 1 aromatic rings. The van der Waals surface area contributed by atoms with Gasteiger partial charge in [-0.05, 0) is 19.2 Å². The molecule has 0 amide bonds. The molecule has 1 aliphatic rings. The van der Waals surface area contributed by atoms with Crippen LogP contribution in [0.15, 0.2) is 23.1 Å². The number of rotatable bonds is 3. The normalized spacial score (nSPS) is 18.4. The van der Waals surface area contributed by atoms with Gasteiger partial charge in [0.2, 0.25) is 10.0 Å². The molecule has 0 spiro atoms. The largest absolute Gasteiger partial charge is 0.495 e. The number of nitrogens with two attached hydrogens (primary N) is 1.